The molecule has 0 aliphatic carbocycles. The predicted molar refractivity (Wildman–Crippen MR) is 43.0 cm³/mol. The maximum atomic E-state index is 10.2. The van der Waals surface area contributed by atoms with E-state index in [1.54, 1.807) is 0 Å². The first-order valence-electron chi connectivity index (χ1n) is 4.03. The first-order chi connectivity index (χ1) is 5.72. The minimum absolute atomic E-state index is 0.0645. The van der Waals surface area contributed by atoms with Gasteiger partial charge >= 0.3 is 6.09 Å². The lowest BCUT2D eigenvalue weighted by Gasteiger charge is -2.27. The van der Waals surface area contributed by atoms with Gasteiger partial charge in [0.05, 0.1) is 18.8 Å². The fraction of sp³-hybridized carbons (Fsp3) is 0.857. The van der Waals surface area contributed by atoms with Gasteiger partial charge in [0, 0.05) is 6.54 Å². The second kappa shape index (κ2) is 4.27. The molecule has 0 aromatic rings. The largest absolute Gasteiger partial charge is 0.465 e. The number of hydrogen-bond acceptors (Lipinski definition) is 3. The molecule has 1 amide bonds. The third kappa shape index (κ3) is 2.67. The Morgan fingerprint density at radius 1 is 1.67 bits per heavy atom. The summed E-state index contributed by atoms with van der Waals surface area (Å²) in [5, 5.41) is 10.8. The first-order valence-corrected chi connectivity index (χ1v) is 4.03. The van der Waals surface area contributed by atoms with Crippen molar-refractivity contribution in [1.82, 2.24) is 5.32 Å². The molecule has 0 aromatic heterocycles. The molecule has 4 N–H and O–H groups in total. The molecule has 0 bridgehead atoms. The van der Waals surface area contributed by atoms with E-state index >= 15 is 0 Å². The van der Waals surface area contributed by atoms with Crippen LogP contribution in [0.5, 0.6) is 0 Å². The highest BCUT2D eigenvalue weighted by Gasteiger charge is 2.21. The molecule has 0 spiro atoms. The number of carboxylic acid groups (broad SMARTS) is 1. The Kier molecular flexibility index (Phi) is 3.31. The van der Waals surface area contributed by atoms with E-state index in [9.17, 15) is 4.79 Å². The minimum atomic E-state index is -0.991. The Hall–Kier alpha value is -0.810. The molecule has 5 heteroatoms. The molecular weight excluding hydrogens is 160 g/mol. The lowest BCUT2D eigenvalue weighted by atomic mass is 10.1. The maximum Gasteiger partial charge on any atom is 0.404 e. The standard InChI is InChI=1S/C7H14N2O3/c8-3-6-2-1-5(4-12-6)9-7(10)11/h5-6,9H,1-4,8H2,(H,10,11)/t5-,6+/m1/s1. The summed E-state index contributed by atoms with van der Waals surface area (Å²) in [4.78, 5) is 10.2. The molecular formula is C7H14N2O3. The van der Waals surface area contributed by atoms with Crippen LogP contribution in [0.15, 0.2) is 0 Å². The van der Waals surface area contributed by atoms with Crippen LogP contribution in [0.2, 0.25) is 0 Å². The number of nitrogens with two attached hydrogens (primary N) is 1. The average molecular weight is 174 g/mol. The van der Waals surface area contributed by atoms with E-state index in [0.29, 0.717) is 13.2 Å². The van der Waals surface area contributed by atoms with E-state index in [-0.39, 0.29) is 12.1 Å². The second-order valence-electron chi connectivity index (χ2n) is 2.91. The van der Waals surface area contributed by atoms with Gasteiger partial charge in [0.1, 0.15) is 0 Å². The molecule has 1 aliphatic rings. The van der Waals surface area contributed by atoms with Gasteiger partial charge in [-0.1, -0.05) is 0 Å². The Bertz CT molecular complexity index is 155. The van der Waals surface area contributed by atoms with Crippen LogP contribution in [0.4, 0.5) is 4.79 Å². The Morgan fingerprint density at radius 2 is 2.42 bits per heavy atom. The van der Waals surface area contributed by atoms with Crippen molar-refractivity contribution < 1.29 is 14.6 Å². The Labute approximate surface area is 70.9 Å². The zero-order valence-corrected chi connectivity index (χ0v) is 6.82. The zero-order chi connectivity index (χ0) is 8.97. The molecule has 1 rings (SSSR count). The molecule has 0 radical (unpaired) electrons. The number of carbonyl (C=O) groups is 1. The van der Waals surface area contributed by atoms with E-state index in [4.69, 9.17) is 15.6 Å². The first kappa shape index (κ1) is 9.28. The van der Waals surface area contributed by atoms with Gasteiger partial charge in [-0.15, -0.1) is 0 Å². The van der Waals surface area contributed by atoms with E-state index in [1.165, 1.54) is 0 Å². The summed E-state index contributed by atoms with van der Waals surface area (Å²) < 4.78 is 5.29. The van der Waals surface area contributed by atoms with Gasteiger partial charge in [-0.05, 0) is 12.8 Å². The van der Waals surface area contributed by atoms with Crippen LogP contribution in [0.3, 0.4) is 0 Å². The SMILES string of the molecule is NC[C@@H]1CC[C@@H](NC(=O)O)CO1. The zero-order valence-electron chi connectivity index (χ0n) is 6.82. The van der Waals surface area contributed by atoms with Crippen LogP contribution < -0.4 is 11.1 Å². The lowest BCUT2D eigenvalue weighted by Crippen LogP contribution is -2.43. The molecule has 1 saturated heterocycles. The van der Waals surface area contributed by atoms with Crippen molar-refractivity contribution in [3.05, 3.63) is 0 Å². The van der Waals surface area contributed by atoms with Crippen LogP contribution in [-0.4, -0.2) is 36.5 Å². The topological polar surface area (TPSA) is 84.6 Å². The summed E-state index contributed by atoms with van der Waals surface area (Å²) >= 11 is 0. The van der Waals surface area contributed by atoms with Crippen LogP contribution >= 0.6 is 0 Å². The van der Waals surface area contributed by atoms with Crippen LogP contribution in [0.1, 0.15) is 12.8 Å². The van der Waals surface area contributed by atoms with Gasteiger partial charge in [-0.2, -0.15) is 0 Å². The van der Waals surface area contributed by atoms with E-state index < -0.39 is 6.09 Å². The molecule has 0 unspecified atom stereocenters. The molecule has 1 fully saturated rings. The number of hydrogen-bond donors (Lipinski definition) is 3. The Morgan fingerprint density at radius 3 is 2.83 bits per heavy atom. The van der Waals surface area contributed by atoms with Crippen molar-refractivity contribution in [3.8, 4) is 0 Å². The van der Waals surface area contributed by atoms with Gasteiger partial charge in [0.2, 0.25) is 0 Å². The van der Waals surface area contributed by atoms with Crippen molar-refractivity contribution in [2.45, 2.75) is 25.0 Å². The third-order valence-electron chi connectivity index (χ3n) is 1.96. The number of ether oxygens (including phenoxy) is 1. The highest BCUT2D eigenvalue weighted by atomic mass is 16.5. The van der Waals surface area contributed by atoms with E-state index in [1.807, 2.05) is 0 Å². The maximum absolute atomic E-state index is 10.2. The van der Waals surface area contributed by atoms with Crippen molar-refractivity contribution in [3.63, 3.8) is 0 Å². The fourth-order valence-corrected chi connectivity index (χ4v) is 1.28. The summed E-state index contributed by atoms with van der Waals surface area (Å²) in [5.74, 6) is 0. The molecule has 1 heterocycles. The minimum Gasteiger partial charge on any atom is -0.465 e. The monoisotopic (exact) mass is 174 g/mol. The number of rotatable bonds is 2. The van der Waals surface area contributed by atoms with E-state index in [0.717, 1.165) is 12.8 Å². The average Bonchev–Trinajstić information content (AvgIpc) is 2.05. The summed E-state index contributed by atoms with van der Waals surface area (Å²) in [6.45, 7) is 0.952. The van der Waals surface area contributed by atoms with Crippen LogP contribution in [-0.2, 0) is 4.74 Å². The quantitative estimate of drug-likeness (QED) is 0.539. The highest BCUT2D eigenvalue weighted by Crippen LogP contribution is 2.12. The van der Waals surface area contributed by atoms with E-state index in [2.05, 4.69) is 5.32 Å². The smallest absolute Gasteiger partial charge is 0.404 e. The summed E-state index contributed by atoms with van der Waals surface area (Å²) in [6.07, 6.45) is 0.766. The summed E-state index contributed by atoms with van der Waals surface area (Å²) in [7, 11) is 0. The normalized spacial score (nSPS) is 29.8. The highest BCUT2D eigenvalue weighted by molar-refractivity contribution is 5.64. The Balaban J connectivity index is 2.21. The van der Waals surface area contributed by atoms with Gasteiger partial charge < -0.3 is 20.9 Å². The predicted octanol–water partition coefficient (Wildman–Crippen LogP) is -0.240. The molecule has 1 aliphatic heterocycles. The third-order valence-corrected chi connectivity index (χ3v) is 1.96. The number of amides is 1. The summed E-state index contributed by atoms with van der Waals surface area (Å²) in [6, 6.07) is -0.0645. The molecule has 0 saturated carbocycles. The lowest BCUT2D eigenvalue weighted by molar-refractivity contribution is 0.00390. The van der Waals surface area contributed by atoms with Gasteiger partial charge in [0.25, 0.3) is 0 Å². The van der Waals surface area contributed by atoms with Gasteiger partial charge in [0.15, 0.2) is 0 Å². The van der Waals surface area contributed by atoms with Crippen molar-refractivity contribution in [2.75, 3.05) is 13.2 Å². The van der Waals surface area contributed by atoms with Crippen molar-refractivity contribution in [1.29, 1.82) is 0 Å². The molecule has 0 aromatic carbocycles. The molecule has 2 atom stereocenters. The van der Waals surface area contributed by atoms with Crippen molar-refractivity contribution in [2.24, 2.45) is 5.73 Å². The molecule has 70 valence electrons. The van der Waals surface area contributed by atoms with Crippen LogP contribution in [0.25, 0.3) is 0 Å². The van der Waals surface area contributed by atoms with Crippen molar-refractivity contribution >= 4 is 6.09 Å². The molecule has 5 nitrogen and oxygen atoms in total. The number of nitrogens with one attached hydrogen (secondary N) is 1. The molecule has 12 heavy (non-hydrogen) atoms. The van der Waals surface area contributed by atoms with Gasteiger partial charge in [-0.3, -0.25) is 0 Å². The summed E-state index contributed by atoms with van der Waals surface area (Å²) in [5.41, 5.74) is 5.39. The van der Waals surface area contributed by atoms with Crippen LogP contribution in [0, 0.1) is 0 Å². The second-order valence-corrected chi connectivity index (χ2v) is 2.91. The van der Waals surface area contributed by atoms with Gasteiger partial charge in [-0.25, -0.2) is 4.79 Å². The fourth-order valence-electron chi connectivity index (χ4n) is 1.28.